The topological polar surface area (TPSA) is 62.3 Å². The van der Waals surface area contributed by atoms with E-state index in [0.29, 0.717) is 0 Å². The van der Waals surface area contributed by atoms with Gasteiger partial charge in [-0.3, -0.25) is 4.72 Å². The summed E-state index contributed by atoms with van der Waals surface area (Å²) in [7, 11) is -3.79. The maximum absolute atomic E-state index is 13.3. The Labute approximate surface area is 147 Å². The number of pyridine rings is 1. The highest BCUT2D eigenvalue weighted by atomic mass is 32.2. The zero-order valence-corrected chi connectivity index (χ0v) is 15.2. The maximum atomic E-state index is 13.3. The fourth-order valence-electron chi connectivity index (χ4n) is 2.88. The number of nitrogens with one attached hydrogen (secondary N) is 1. The minimum absolute atomic E-state index is 0.0160. The smallest absolute Gasteiger partial charge is 0.263 e. The number of aryl methyl sites for hydroxylation is 1. The predicted molar refractivity (Wildman–Crippen MR) is 96.8 cm³/mol. The van der Waals surface area contributed by atoms with E-state index in [0.717, 1.165) is 43.6 Å². The van der Waals surface area contributed by atoms with Gasteiger partial charge in [-0.25, -0.2) is 17.8 Å². The molecule has 0 bridgehead atoms. The van der Waals surface area contributed by atoms with E-state index in [9.17, 15) is 12.8 Å². The van der Waals surface area contributed by atoms with Crippen LogP contribution < -0.4 is 9.62 Å². The first kappa shape index (κ1) is 17.7. The Kier molecular flexibility index (Phi) is 4.94. The van der Waals surface area contributed by atoms with E-state index >= 15 is 0 Å². The first-order chi connectivity index (χ1) is 11.8. The zero-order valence-electron chi connectivity index (χ0n) is 14.4. The summed E-state index contributed by atoms with van der Waals surface area (Å²) in [6.45, 7) is 5.76. The number of anilines is 2. The van der Waals surface area contributed by atoms with Crippen LogP contribution in [-0.4, -0.2) is 26.5 Å². The second-order valence-electron chi connectivity index (χ2n) is 6.59. The average molecular weight is 363 g/mol. The molecule has 3 rings (SSSR count). The quantitative estimate of drug-likeness (QED) is 0.902. The van der Waals surface area contributed by atoms with Crippen LogP contribution >= 0.6 is 0 Å². The summed E-state index contributed by atoms with van der Waals surface area (Å²) in [4.78, 5) is 6.49. The molecule has 1 aromatic heterocycles. The Morgan fingerprint density at radius 3 is 2.52 bits per heavy atom. The van der Waals surface area contributed by atoms with Crippen LogP contribution in [-0.2, 0) is 10.0 Å². The molecule has 1 N–H and O–H groups in total. The molecule has 25 heavy (non-hydrogen) atoms. The lowest BCUT2D eigenvalue weighted by Gasteiger charge is -2.31. The van der Waals surface area contributed by atoms with Crippen molar-refractivity contribution >= 4 is 21.5 Å². The second kappa shape index (κ2) is 7.00. The van der Waals surface area contributed by atoms with E-state index in [4.69, 9.17) is 0 Å². The number of hydrogen-bond donors (Lipinski definition) is 1. The van der Waals surface area contributed by atoms with Crippen molar-refractivity contribution in [2.75, 3.05) is 22.7 Å². The van der Waals surface area contributed by atoms with Crippen molar-refractivity contribution in [2.24, 2.45) is 5.92 Å². The lowest BCUT2D eigenvalue weighted by Crippen LogP contribution is -2.32. The molecule has 1 fully saturated rings. The largest absolute Gasteiger partial charge is 0.370 e. The molecule has 2 aromatic rings. The third kappa shape index (κ3) is 4.10. The molecule has 134 valence electrons. The average Bonchev–Trinajstić information content (AvgIpc) is 2.58. The zero-order chi connectivity index (χ0) is 18.0. The summed E-state index contributed by atoms with van der Waals surface area (Å²) in [5.74, 6) is 0.558. The molecule has 0 unspecified atom stereocenters. The van der Waals surface area contributed by atoms with Gasteiger partial charge in [-0.2, -0.15) is 0 Å². The molecule has 2 heterocycles. The minimum atomic E-state index is -3.79. The number of benzene rings is 1. The number of aromatic nitrogens is 1. The highest BCUT2D eigenvalue weighted by molar-refractivity contribution is 7.92. The summed E-state index contributed by atoms with van der Waals surface area (Å²) in [5.41, 5.74) is 1.28. The van der Waals surface area contributed by atoms with E-state index in [2.05, 4.69) is 21.5 Å². The first-order valence-corrected chi connectivity index (χ1v) is 9.83. The summed E-state index contributed by atoms with van der Waals surface area (Å²) in [5, 5.41) is 0. The van der Waals surface area contributed by atoms with Gasteiger partial charge in [0, 0.05) is 13.1 Å². The Bertz CT molecular complexity index is 845. The van der Waals surface area contributed by atoms with E-state index < -0.39 is 15.8 Å². The lowest BCUT2D eigenvalue weighted by molar-refractivity contribution is 0.438. The van der Waals surface area contributed by atoms with Gasteiger partial charge in [0.2, 0.25) is 0 Å². The number of sulfonamides is 1. The van der Waals surface area contributed by atoms with E-state index in [-0.39, 0.29) is 16.3 Å². The van der Waals surface area contributed by atoms with Crippen molar-refractivity contribution in [3.63, 3.8) is 0 Å². The van der Waals surface area contributed by atoms with Gasteiger partial charge in [0.15, 0.2) is 0 Å². The molecule has 0 atom stereocenters. The van der Waals surface area contributed by atoms with Crippen molar-refractivity contribution in [1.82, 2.24) is 4.98 Å². The highest BCUT2D eigenvalue weighted by Crippen LogP contribution is 2.24. The molecule has 7 heteroatoms. The van der Waals surface area contributed by atoms with E-state index in [1.807, 2.05) is 6.07 Å². The Balaban J connectivity index is 1.73. The Hall–Kier alpha value is -2.15. The van der Waals surface area contributed by atoms with Gasteiger partial charge in [-0.05, 0) is 61.6 Å². The minimum Gasteiger partial charge on any atom is -0.370 e. The SMILES string of the molecule is Cc1cc(S(=O)(=O)Nc2ccc(N3CCC(C)CC3)cn2)ccc1F. The number of hydrogen-bond acceptors (Lipinski definition) is 4. The van der Waals surface area contributed by atoms with Crippen molar-refractivity contribution in [3.05, 3.63) is 47.9 Å². The van der Waals surface area contributed by atoms with Crippen LogP contribution in [0.3, 0.4) is 0 Å². The lowest BCUT2D eigenvalue weighted by atomic mass is 9.99. The summed E-state index contributed by atoms with van der Waals surface area (Å²) < 4.78 is 40.6. The summed E-state index contributed by atoms with van der Waals surface area (Å²) in [6.07, 6.45) is 3.99. The standard InChI is InChI=1S/C18H22FN3O2S/c1-13-7-9-22(10-8-13)15-3-6-18(20-12-15)21-25(23,24)16-4-5-17(19)14(2)11-16/h3-6,11-13H,7-10H2,1-2H3,(H,20,21). The van der Waals surface area contributed by atoms with Crippen LogP contribution in [0, 0.1) is 18.7 Å². The molecule has 0 radical (unpaired) electrons. The first-order valence-electron chi connectivity index (χ1n) is 8.35. The van der Waals surface area contributed by atoms with E-state index in [1.165, 1.54) is 19.1 Å². The number of halogens is 1. The monoisotopic (exact) mass is 363 g/mol. The highest BCUT2D eigenvalue weighted by Gasteiger charge is 2.18. The predicted octanol–water partition coefficient (Wildman–Crippen LogP) is 3.57. The van der Waals surface area contributed by atoms with Crippen molar-refractivity contribution in [2.45, 2.75) is 31.6 Å². The van der Waals surface area contributed by atoms with Crippen LogP contribution in [0.15, 0.2) is 41.4 Å². The molecular weight excluding hydrogens is 341 g/mol. The van der Waals surface area contributed by atoms with Crippen LogP contribution in [0.25, 0.3) is 0 Å². The Morgan fingerprint density at radius 2 is 1.92 bits per heavy atom. The molecule has 1 aliphatic rings. The van der Waals surface area contributed by atoms with Gasteiger partial charge in [-0.1, -0.05) is 6.92 Å². The van der Waals surface area contributed by atoms with Gasteiger partial charge in [0.05, 0.1) is 16.8 Å². The molecule has 1 aliphatic heterocycles. The maximum Gasteiger partial charge on any atom is 0.263 e. The number of nitrogens with zero attached hydrogens (tertiary/aromatic N) is 2. The number of piperidine rings is 1. The second-order valence-corrected chi connectivity index (χ2v) is 8.27. The van der Waals surface area contributed by atoms with Gasteiger partial charge >= 0.3 is 0 Å². The molecule has 1 aromatic carbocycles. The van der Waals surface area contributed by atoms with Crippen LogP contribution in [0.2, 0.25) is 0 Å². The molecular formula is C18H22FN3O2S. The van der Waals surface area contributed by atoms with Crippen molar-refractivity contribution in [1.29, 1.82) is 0 Å². The van der Waals surface area contributed by atoms with Gasteiger partial charge in [-0.15, -0.1) is 0 Å². The van der Waals surface area contributed by atoms with Gasteiger partial charge in [0.25, 0.3) is 10.0 Å². The van der Waals surface area contributed by atoms with Crippen LogP contribution in [0.4, 0.5) is 15.9 Å². The molecule has 0 aliphatic carbocycles. The molecule has 5 nitrogen and oxygen atoms in total. The molecule has 0 amide bonds. The molecule has 1 saturated heterocycles. The van der Waals surface area contributed by atoms with Gasteiger partial charge < -0.3 is 4.90 Å². The third-order valence-electron chi connectivity index (χ3n) is 4.58. The number of rotatable bonds is 4. The van der Waals surface area contributed by atoms with Crippen LogP contribution in [0.5, 0.6) is 0 Å². The van der Waals surface area contributed by atoms with Gasteiger partial charge in [0.1, 0.15) is 11.6 Å². The van der Waals surface area contributed by atoms with Crippen molar-refractivity contribution < 1.29 is 12.8 Å². The third-order valence-corrected chi connectivity index (χ3v) is 5.93. The summed E-state index contributed by atoms with van der Waals surface area (Å²) in [6, 6.07) is 7.23. The summed E-state index contributed by atoms with van der Waals surface area (Å²) >= 11 is 0. The Morgan fingerprint density at radius 1 is 1.20 bits per heavy atom. The molecule has 0 saturated carbocycles. The van der Waals surface area contributed by atoms with Crippen LogP contribution in [0.1, 0.15) is 25.3 Å². The fraction of sp³-hybridized carbons (Fsp3) is 0.389. The normalized spacial score (nSPS) is 16.0. The fourth-order valence-corrected chi connectivity index (χ4v) is 3.97. The molecule has 0 spiro atoms. The van der Waals surface area contributed by atoms with E-state index in [1.54, 1.807) is 12.3 Å². The van der Waals surface area contributed by atoms with Crippen molar-refractivity contribution in [3.8, 4) is 0 Å².